The van der Waals surface area contributed by atoms with E-state index in [2.05, 4.69) is 5.32 Å². The molecule has 0 unspecified atom stereocenters. The number of rotatable bonds is 3. The number of carbonyl (C=O) groups excluding carboxylic acids is 1. The summed E-state index contributed by atoms with van der Waals surface area (Å²) in [4.78, 5) is 10.6. The molecule has 0 bridgehead atoms. The Labute approximate surface area is 141 Å². The van der Waals surface area contributed by atoms with Gasteiger partial charge in [-0.2, -0.15) is 8.42 Å². The molecule has 5 nitrogen and oxygen atoms in total. The van der Waals surface area contributed by atoms with Crippen LogP contribution in [-0.2, 0) is 14.9 Å². The first-order chi connectivity index (χ1) is 6.93. The number of benzene rings is 1. The average Bonchev–Trinajstić information content (AvgIpc) is 2.17. The van der Waals surface area contributed by atoms with Gasteiger partial charge >= 0.3 is 51.4 Å². The Balaban J connectivity index is 0.00000225. The van der Waals surface area contributed by atoms with Crippen molar-refractivity contribution in [2.24, 2.45) is 0 Å². The van der Waals surface area contributed by atoms with Gasteiger partial charge in [-0.1, -0.05) is 0 Å². The summed E-state index contributed by atoms with van der Waals surface area (Å²) in [6.45, 7) is 0. The number of amides is 1. The van der Waals surface area contributed by atoms with Crippen LogP contribution in [0.3, 0.4) is 0 Å². The summed E-state index contributed by atoms with van der Waals surface area (Å²) in [5, 5.41) is 2.42. The molecule has 16 heavy (non-hydrogen) atoms. The van der Waals surface area contributed by atoms with Gasteiger partial charge in [-0.3, -0.25) is 9.35 Å². The molecule has 0 fully saturated rings. The summed E-state index contributed by atoms with van der Waals surface area (Å²) in [6, 6.07) is 5.07. The van der Waals surface area contributed by atoms with E-state index in [4.69, 9.17) is 16.2 Å². The van der Waals surface area contributed by atoms with Crippen molar-refractivity contribution in [3.05, 3.63) is 24.3 Å². The van der Waals surface area contributed by atoms with Crippen molar-refractivity contribution in [3.63, 3.8) is 0 Å². The van der Waals surface area contributed by atoms with Gasteiger partial charge in [0.15, 0.2) is 0 Å². The first-order valence-electron chi connectivity index (χ1n) is 3.87. The third kappa shape index (κ3) is 5.24. The fraction of sp³-hybridized carbons (Fsp3) is 0.125. The van der Waals surface area contributed by atoms with Crippen LogP contribution in [0.4, 0.5) is 5.69 Å². The summed E-state index contributed by atoms with van der Waals surface area (Å²) in [5.74, 6) is -0.573. The Bertz CT molecular complexity index is 459. The summed E-state index contributed by atoms with van der Waals surface area (Å²) in [5.41, 5.74) is 0.410. The molecule has 84 valence electrons. The standard InChI is InChI=1S/C8H8ClNO4S.K.H/c9-5-8(11)10-6-1-3-7(4-2-6)15(12,13)14;;/h1-4H,5H2,(H,10,11)(H,12,13,14);;. The molecular weight excluding hydrogens is 281 g/mol. The predicted molar refractivity (Wildman–Crippen MR) is 62.8 cm³/mol. The maximum absolute atomic E-state index is 10.9. The molecule has 1 amide bonds. The van der Waals surface area contributed by atoms with E-state index in [1.165, 1.54) is 24.3 Å². The van der Waals surface area contributed by atoms with Crippen molar-refractivity contribution in [3.8, 4) is 0 Å². The molecule has 0 aliphatic heterocycles. The minimum absolute atomic E-state index is 0. The second-order valence-corrected chi connectivity index (χ2v) is 4.37. The fourth-order valence-corrected chi connectivity index (χ4v) is 1.45. The number of anilines is 1. The van der Waals surface area contributed by atoms with Crippen LogP contribution in [0, 0.1) is 0 Å². The SMILES string of the molecule is O=C(CCl)Nc1ccc(S(=O)(=O)O)cc1.[KH]. The molecule has 0 aromatic heterocycles. The van der Waals surface area contributed by atoms with E-state index in [-0.39, 0.29) is 62.2 Å². The Kier molecular flexibility index (Phi) is 7.30. The van der Waals surface area contributed by atoms with Crippen LogP contribution in [0.1, 0.15) is 0 Å². The summed E-state index contributed by atoms with van der Waals surface area (Å²) >= 11 is 5.26. The zero-order valence-electron chi connectivity index (χ0n) is 7.47. The van der Waals surface area contributed by atoms with E-state index in [1.54, 1.807) is 0 Å². The molecule has 0 saturated heterocycles. The van der Waals surface area contributed by atoms with Gasteiger partial charge in [0, 0.05) is 5.69 Å². The summed E-state index contributed by atoms with van der Waals surface area (Å²) < 4.78 is 30.0. The van der Waals surface area contributed by atoms with Gasteiger partial charge in [-0.25, -0.2) is 0 Å². The molecule has 0 saturated carbocycles. The first-order valence-corrected chi connectivity index (χ1v) is 5.84. The molecular formula is C8H9ClKNO4S. The van der Waals surface area contributed by atoms with E-state index < -0.39 is 16.0 Å². The van der Waals surface area contributed by atoms with E-state index in [1.807, 2.05) is 0 Å². The van der Waals surface area contributed by atoms with Gasteiger partial charge in [0.05, 0.1) is 4.90 Å². The Morgan fingerprint density at radius 1 is 1.31 bits per heavy atom. The van der Waals surface area contributed by atoms with Gasteiger partial charge in [0.25, 0.3) is 10.1 Å². The van der Waals surface area contributed by atoms with E-state index >= 15 is 0 Å². The third-order valence-corrected chi connectivity index (χ3v) is 2.67. The molecule has 0 aliphatic rings. The van der Waals surface area contributed by atoms with Crippen molar-refractivity contribution >= 4 is 84.7 Å². The van der Waals surface area contributed by atoms with E-state index in [9.17, 15) is 13.2 Å². The topological polar surface area (TPSA) is 83.5 Å². The van der Waals surface area contributed by atoms with Crippen LogP contribution in [0.15, 0.2) is 29.2 Å². The fourth-order valence-electron chi connectivity index (χ4n) is 0.905. The number of alkyl halides is 1. The number of hydrogen-bond donors (Lipinski definition) is 2. The normalized spacial score (nSPS) is 10.4. The van der Waals surface area contributed by atoms with Crippen LogP contribution in [0.25, 0.3) is 0 Å². The van der Waals surface area contributed by atoms with Crippen LogP contribution in [0.5, 0.6) is 0 Å². The maximum atomic E-state index is 10.9. The van der Waals surface area contributed by atoms with Crippen molar-refractivity contribution in [1.82, 2.24) is 0 Å². The summed E-state index contributed by atoms with van der Waals surface area (Å²) in [7, 11) is -4.19. The Hall–Kier alpha value is 0.526. The number of carbonyl (C=O) groups is 1. The second-order valence-electron chi connectivity index (χ2n) is 2.68. The van der Waals surface area contributed by atoms with Crippen molar-refractivity contribution in [2.75, 3.05) is 11.2 Å². The van der Waals surface area contributed by atoms with Crippen LogP contribution < -0.4 is 5.32 Å². The van der Waals surface area contributed by atoms with Crippen LogP contribution >= 0.6 is 11.6 Å². The van der Waals surface area contributed by atoms with Crippen molar-refractivity contribution in [2.45, 2.75) is 4.90 Å². The van der Waals surface area contributed by atoms with E-state index in [0.717, 1.165) is 0 Å². The van der Waals surface area contributed by atoms with Crippen molar-refractivity contribution in [1.29, 1.82) is 0 Å². The predicted octanol–water partition coefficient (Wildman–Crippen LogP) is 0.462. The van der Waals surface area contributed by atoms with Gasteiger partial charge in [0.1, 0.15) is 5.88 Å². The first kappa shape index (κ1) is 16.5. The molecule has 0 aliphatic carbocycles. The minimum atomic E-state index is -4.19. The van der Waals surface area contributed by atoms with E-state index in [0.29, 0.717) is 5.69 Å². The molecule has 1 aromatic rings. The van der Waals surface area contributed by atoms with Crippen LogP contribution in [-0.4, -0.2) is 76.1 Å². The van der Waals surface area contributed by atoms with Crippen LogP contribution in [0.2, 0.25) is 0 Å². The zero-order valence-corrected chi connectivity index (χ0v) is 9.05. The van der Waals surface area contributed by atoms with Gasteiger partial charge in [-0.15, -0.1) is 11.6 Å². The monoisotopic (exact) mass is 289 g/mol. The zero-order chi connectivity index (χ0) is 11.5. The van der Waals surface area contributed by atoms with Crippen molar-refractivity contribution < 1.29 is 17.8 Å². The number of hydrogen-bond acceptors (Lipinski definition) is 3. The molecule has 1 rings (SSSR count). The Morgan fingerprint density at radius 3 is 2.19 bits per heavy atom. The third-order valence-electron chi connectivity index (χ3n) is 1.56. The molecule has 0 atom stereocenters. The molecule has 0 spiro atoms. The number of halogens is 1. The molecule has 0 heterocycles. The summed E-state index contributed by atoms with van der Waals surface area (Å²) in [6.07, 6.45) is 0. The second kappa shape index (κ2) is 7.07. The van der Waals surface area contributed by atoms with Gasteiger partial charge in [0.2, 0.25) is 5.91 Å². The quantitative estimate of drug-likeness (QED) is 0.481. The average molecular weight is 290 g/mol. The number of nitrogens with one attached hydrogen (secondary N) is 1. The molecule has 2 N–H and O–H groups in total. The van der Waals surface area contributed by atoms with Gasteiger partial charge in [-0.05, 0) is 24.3 Å². The molecule has 0 radical (unpaired) electrons. The van der Waals surface area contributed by atoms with Gasteiger partial charge < -0.3 is 5.32 Å². The Morgan fingerprint density at radius 2 is 1.81 bits per heavy atom. The molecule has 8 heteroatoms. The molecule has 1 aromatic carbocycles.